The first-order valence-electron chi connectivity index (χ1n) is 24.6. The molecule has 0 heteroatoms. The number of benzene rings is 12. The minimum absolute atomic E-state index is 0.00543. The SMILES string of the molecule is CC1(C)c2ccccc2-c2ccc(CCc3ccc4c(c3)c3cc5c(-c6cccc7ccccc67)c6c7ccc(-c8ccccc8)c8cccc(c6c(-c6ccccc6)c5c5cccc4c35)c87)cc21. The molecule has 0 saturated carbocycles. The van der Waals surface area contributed by atoms with Gasteiger partial charge in [0.15, 0.2) is 0 Å². The van der Waals surface area contributed by atoms with E-state index in [4.69, 9.17) is 0 Å². The summed E-state index contributed by atoms with van der Waals surface area (Å²) in [7, 11) is 0. The van der Waals surface area contributed by atoms with Crippen molar-refractivity contribution < 1.29 is 0 Å². The highest BCUT2D eigenvalue weighted by Gasteiger charge is 2.35. The lowest BCUT2D eigenvalue weighted by Gasteiger charge is -2.22. The molecule has 0 unspecified atom stereocenters. The molecule has 1 aliphatic carbocycles. The van der Waals surface area contributed by atoms with Crippen LogP contribution in [0.5, 0.6) is 0 Å². The molecule has 322 valence electrons. The molecule has 0 bridgehead atoms. The molecule has 69 heavy (non-hydrogen) atoms. The topological polar surface area (TPSA) is 0 Å². The molecule has 0 aromatic heterocycles. The highest BCUT2D eigenvalue weighted by Crippen LogP contribution is 2.56. The minimum Gasteiger partial charge on any atom is -0.0622 e. The first-order valence-corrected chi connectivity index (χ1v) is 24.6. The fourth-order valence-corrected chi connectivity index (χ4v) is 13.1. The van der Waals surface area contributed by atoms with Crippen LogP contribution < -0.4 is 0 Å². The Morgan fingerprint density at radius 1 is 0.275 bits per heavy atom. The molecule has 0 saturated heterocycles. The van der Waals surface area contributed by atoms with Crippen LogP contribution in [0.3, 0.4) is 0 Å². The molecule has 0 fully saturated rings. The van der Waals surface area contributed by atoms with Crippen LogP contribution in [0.15, 0.2) is 218 Å². The van der Waals surface area contributed by atoms with Crippen molar-refractivity contribution in [3.63, 3.8) is 0 Å². The van der Waals surface area contributed by atoms with Crippen molar-refractivity contribution in [1.82, 2.24) is 0 Å². The van der Waals surface area contributed by atoms with Gasteiger partial charge in [0.1, 0.15) is 0 Å². The van der Waals surface area contributed by atoms with Gasteiger partial charge >= 0.3 is 0 Å². The van der Waals surface area contributed by atoms with E-state index >= 15 is 0 Å². The standard InChI is InChI=1S/C69H46/c1-69(2)60-29-12-11-23-49(60)50-35-33-42(39-61(50)69)31-30-41-32-34-48-53-26-15-27-54-64(53)58(57(48)38-41)40-59-65(52-24-13-21-44-18-9-10-22-46(44)52)68-56-37-36-47(43-16-5-3-6-17-43)51-25-14-28-55(63(51)56)67(68)62(66(54)59)45-19-7-4-8-20-45/h3-29,32-40H,30-31H2,1-2H3. The Hall–Kier alpha value is -8.32. The van der Waals surface area contributed by atoms with Gasteiger partial charge < -0.3 is 0 Å². The van der Waals surface area contributed by atoms with Gasteiger partial charge in [0.25, 0.3) is 0 Å². The van der Waals surface area contributed by atoms with Gasteiger partial charge in [0.05, 0.1) is 0 Å². The number of fused-ring (bicyclic) bond motifs is 12. The van der Waals surface area contributed by atoms with Crippen molar-refractivity contribution in [1.29, 1.82) is 0 Å². The van der Waals surface area contributed by atoms with E-state index in [1.54, 1.807) is 0 Å². The second kappa shape index (κ2) is 14.3. The van der Waals surface area contributed by atoms with Crippen LogP contribution in [-0.2, 0) is 18.3 Å². The molecule has 0 spiro atoms. The molecule has 0 amide bonds. The minimum atomic E-state index is -0.00543. The van der Waals surface area contributed by atoms with Gasteiger partial charge in [-0.2, -0.15) is 0 Å². The van der Waals surface area contributed by atoms with Crippen LogP contribution in [0.25, 0.3) is 131 Å². The highest BCUT2D eigenvalue weighted by molar-refractivity contribution is 6.45. The predicted octanol–water partition coefficient (Wildman–Crippen LogP) is 18.9. The molecule has 15 rings (SSSR count). The van der Waals surface area contributed by atoms with Crippen LogP contribution in [0.2, 0.25) is 0 Å². The molecular weight excluding hydrogens is 829 g/mol. The van der Waals surface area contributed by atoms with Crippen molar-refractivity contribution in [2.45, 2.75) is 32.1 Å². The quantitative estimate of drug-likeness (QED) is 0.146. The maximum absolute atomic E-state index is 2.60. The Morgan fingerprint density at radius 2 is 0.826 bits per heavy atom. The molecule has 0 nitrogen and oxygen atoms in total. The van der Waals surface area contributed by atoms with Gasteiger partial charge in [0.2, 0.25) is 0 Å². The fraction of sp³-hybridized carbons (Fsp3) is 0.0725. The van der Waals surface area contributed by atoms with E-state index in [9.17, 15) is 0 Å². The highest BCUT2D eigenvalue weighted by atomic mass is 14.4. The number of hydrogen-bond donors (Lipinski definition) is 0. The molecule has 1 aliphatic rings. The average molecular weight is 875 g/mol. The van der Waals surface area contributed by atoms with E-state index in [2.05, 4.69) is 232 Å². The van der Waals surface area contributed by atoms with E-state index in [-0.39, 0.29) is 5.41 Å². The second-order valence-electron chi connectivity index (χ2n) is 20.2. The summed E-state index contributed by atoms with van der Waals surface area (Å²) in [6.45, 7) is 4.77. The molecular formula is C69H46. The van der Waals surface area contributed by atoms with Crippen molar-refractivity contribution in [2.24, 2.45) is 0 Å². The van der Waals surface area contributed by atoms with Crippen molar-refractivity contribution in [3.05, 3.63) is 241 Å². The van der Waals surface area contributed by atoms with Gasteiger partial charge in [-0.3, -0.25) is 0 Å². The van der Waals surface area contributed by atoms with Gasteiger partial charge in [-0.05, 0) is 172 Å². The molecule has 0 radical (unpaired) electrons. The van der Waals surface area contributed by atoms with Crippen molar-refractivity contribution in [2.75, 3.05) is 0 Å². The largest absolute Gasteiger partial charge is 0.0622 e. The summed E-state index contributed by atoms with van der Waals surface area (Å²) in [5.41, 5.74) is 16.1. The Kier molecular flexibility index (Phi) is 8.06. The molecule has 0 aliphatic heterocycles. The van der Waals surface area contributed by atoms with E-state index in [0.29, 0.717) is 0 Å². The van der Waals surface area contributed by atoms with Crippen molar-refractivity contribution in [3.8, 4) is 44.5 Å². The first-order chi connectivity index (χ1) is 34.0. The Morgan fingerprint density at radius 3 is 1.67 bits per heavy atom. The summed E-state index contributed by atoms with van der Waals surface area (Å²) in [6, 6.07) is 83.0. The van der Waals surface area contributed by atoms with E-state index < -0.39 is 0 Å². The van der Waals surface area contributed by atoms with Crippen LogP contribution in [0, 0.1) is 0 Å². The molecule has 14 aromatic carbocycles. The van der Waals surface area contributed by atoms with Crippen LogP contribution in [0.4, 0.5) is 0 Å². The number of hydrogen-bond acceptors (Lipinski definition) is 0. The Bertz CT molecular complexity index is 4410. The Labute approximate surface area is 401 Å². The fourth-order valence-electron chi connectivity index (χ4n) is 13.1. The lowest BCUT2D eigenvalue weighted by atomic mass is 9.82. The average Bonchev–Trinajstić information content (AvgIpc) is 3.99. The maximum Gasteiger partial charge on any atom is 0.0158 e. The zero-order chi connectivity index (χ0) is 45.5. The maximum atomic E-state index is 2.60. The van der Waals surface area contributed by atoms with Crippen molar-refractivity contribution >= 4 is 86.2 Å². The number of aryl methyl sites for hydroxylation is 2. The number of rotatable bonds is 6. The Balaban J connectivity index is 1.03. The summed E-state index contributed by atoms with van der Waals surface area (Å²) in [5, 5.41) is 21.1. The molecule has 0 N–H and O–H groups in total. The van der Waals surface area contributed by atoms with E-state index in [1.807, 2.05) is 0 Å². The van der Waals surface area contributed by atoms with Crippen LogP contribution in [-0.4, -0.2) is 0 Å². The van der Waals surface area contributed by atoms with Gasteiger partial charge in [0, 0.05) is 5.41 Å². The lowest BCUT2D eigenvalue weighted by molar-refractivity contribution is 0.659. The van der Waals surface area contributed by atoms with Crippen LogP contribution in [0.1, 0.15) is 36.1 Å². The van der Waals surface area contributed by atoms with Gasteiger partial charge in [-0.15, -0.1) is 0 Å². The third-order valence-electron chi connectivity index (χ3n) is 16.2. The smallest absolute Gasteiger partial charge is 0.0158 e. The van der Waals surface area contributed by atoms with E-state index in [1.165, 1.54) is 153 Å². The summed E-state index contributed by atoms with van der Waals surface area (Å²) in [4.78, 5) is 0. The van der Waals surface area contributed by atoms with Gasteiger partial charge in [-0.25, -0.2) is 0 Å². The zero-order valence-corrected chi connectivity index (χ0v) is 38.7. The molecule has 0 heterocycles. The first kappa shape index (κ1) is 38.8. The third kappa shape index (κ3) is 5.40. The summed E-state index contributed by atoms with van der Waals surface area (Å²) in [5.74, 6) is 0. The normalized spacial score (nSPS) is 13.3. The summed E-state index contributed by atoms with van der Waals surface area (Å²) < 4.78 is 0. The molecule has 0 atom stereocenters. The summed E-state index contributed by atoms with van der Waals surface area (Å²) >= 11 is 0. The third-order valence-corrected chi connectivity index (χ3v) is 16.2. The molecule has 14 aromatic rings. The summed E-state index contributed by atoms with van der Waals surface area (Å²) in [6.07, 6.45) is 1.97. The van der Waals surface area contributed by atoms with E-state index in [0.717, 1.165) is 12.8 Å². The van der Waals surface area contributed by atoms with Crippen LogP contribution >= 0.6 is 0 Å². The monoisotopic (exact) mass is 874 g/mol. The lowest BCUT2D eigenvalue weighted by Crippen LogP contribution is -2.15. The predicted molar refractivity (Wildman–Crippen MR) is 297 cm³/mol. The second-order valence-corrected chi connectivity index (χ2v) is 20.2. The van der Waals surface area contributed by atoms with Gasteiger partial charge in [-0.1, -0.05) is 226 Å². The zero-order valence-electron chi connectivity index (χ0n) is 38.7.